The van der Waals surface area contributed by atoms with Crippen LogP contribution in [0.1, 0.15) is 66.8 Å². The number of benzene rings is 3. The number of aromatic nitrogens is 2. The number of amidine groups is 1. The Kier molecular flexibility index (Phi) is 10.7. The Morgan fingerprint density at radius 2 is 1.70 bits per heavy atom. The van der Waals surface area contributed by atoms with E-state index in [1.165, 1.54) is 0 Å². The zero-order chi connectivity index (χ0) is 33.4. The third-order valence-corrected chi connectivity index (χ3v) is 8.62. The fourth-order valence-electron chi connectivity index (χ4n) is 5.67. The number of rotatable bonds is 13. The van der Waals surface area contributed by atoms with E-state index in [0.29, 0.717) is 37.4 Å². The van der Waals surface area contributed by atoms with Crippen molar-refractivity contribution in [3.63, 3.8) is 0 Å². The molecule has 0 saturated carbocycles. The van der Waals surface area contributed by atoms with E-state index in [1.54, 1.807) is 36.4 Å². The lowest BCUT2D eigenvalue weighted by Gasteiger charge is -2.34. The Morgan fingerprint density at radius 3 is 2.40 bits per heavy atom. The quantitative estimate of drug-likeness (QED) is 0.0720. The second kappa shape index (κ2) is 15.0. The molecule has 1 aliphatic rings. The zero-order valence-electron chi connectivity index (χ0n) is 27.3. The molecule has 2 amide bonds. The van der Waals surface area contributed by atoms with E-state index in [1.807, 2.05) is 66.8 Å². The Bertz CT molecular complexity index is 1730. The molecule has 0 radical (unpaired) electrons. The van der Waals surface area contributed by atoms with Crippen LogP contribution in [0.25, 0.3) is 11.0 Å². The third kappa shape index (κ3) is 7.86. The van der Waals surface area contributed by atoms with Gasteiger partial charge in [0.05, 0.1) is 30.7 Å². The second-order valence-corrected chi connectivity index (χ2v) is 12.0. The standard InChI is InChI=1S/C36H43N7O4/c1-4-5-21-47-32(44)24-39-36(2,35(46)43-19-9-10-20-43)27-15-18-30-29(22-27)40-31(42(30)3)23-38-28-16-13-25(14-17-28)33(37)41-34(45)26-11-7-6-8-12-26/h6-8,11-18,22,38-39H,4-5,9-10,19-21,23-24H2,1-3H3,(H2,37,41,45). The van der Waals surface area contributed by atoms with Crippen molar-refractivity contribution in [3.05, 3.63) is 95.3 Å². The number of anilines is 1. The van der Waals surface area contributed by atoms with E-state index in [0.717, 1.165) is 53.8 Å². The highest BCUT2D eigenvalue weighted by atomic mass is 16.5. The highest BCUT2D eigenvalue weighted by Crippen LogP contribution is 2.29. The minimum absolute atomic E-state index is 0.0228. The molecule has 4 aromatic rings. The van der Waals surface area contributed by atoms with Gasteiger partial charge in [-0.25, -0.2) is 4.98 Å². The summed E-state index contributed by atoms with van der Waals surface area (Å²) in [4.78, 5) is 45.5. The average Bonchev–Trinajstić information content (AvgIpc) is 3.74. The first-order valence-electron chi connectivity index (χ1n) is 16.1. The van der Waals surface area contributed by atoms with Gasteiger partial charge in [0.25, 0.3) is 5.91 Å². The van der Waals surface area contributed by atoms with Crippen molar-refractivity contribution in [2.75, 3.05) is 31.6 Å². The van der Waals surface area contributed by atoms with Crippen LogP contribution in [-0.2, 0) is 33.5 Å². The Labute approximate surface area is 275 Å². The van der Waals surface area contributed by atoms with Crippen molar-refractivity contribution < 1.29 is 19.1 Å². The summed E-state index contributed by atoms with van der Waals surface area (Å²) < 4.78 is 7.35. The molecule has 47 heavy (non-hydrogen) atoms. The van der Waals surface area contributed by atoms with Gasteiger partial charge in [0, 0.05) is 37.0 Å². The SMILES string of the molecule is CCCCOC(=O)CNC(C)(C(=O)N1CCCC1)c1ccc2c(c1)nc(CNc1ccc(C(=N)NC(=O)c3ccccc3)cc1)n2C. The smallest absolute Gasteiger partial charge is 0.319 e. The van der Waals surface area contributed by atoms with Gasteiger partial charge in [0.1, 0.15) is 17.2 Å². The molecular weight excluding hydrogens is 594 g/mol. The molecule has 0 aliphatic carbocycles. The first-order chi connectivity index (χ1) is 22.7. The highest BCUT2D eigenvalue weighted by molar-refractivity contribution is 6.11. The molecule has 4 N–H and O–H groups in total. The number of nitrogens with zero attached hydrogens (tertiary/aromatic N) is 3. The van der Waals surface area contributed by atoms with Gasteiger partial charge in [0.15, 0.2) is 0 Å². The maximum Gasteiger partial charge on any atom is 0.319 e. The van der Waals surface area contributed by atoms with Gasteiger partial charge < -0.3 is 24.8 Å². The van der Waals surface area contributed by atoms with Crippen LogP contribution in [0.5, 0.6) is 0 Å². The molecule has 1 aromatic heterocycles. The predicted molar refractivity (Wildman–Crippen MR) is 182 cm³/mol. The maximum atomic E-state index is 13.8. The second-order valence-electron chi connectivity index (χ2n) is 12.0. The molecular formula is C36H43N7O4. The van der Waals surface area contributed by atoms with Crippen molar-refractivity contribution in [1.82, 2.24) is 25.1 Å². The van der Waals surface area contributed by atoms with Crippen molar-refractivity contribution in [2.24, 2.45) is 7.05 Å². The minimum atomic E-state index is -1.13. The number of likely N-dealkylation sites (tertiary alicyclic amines) is 1. The van der Waals surface area contributed by atoms with Crippen molar-refractivity contribution in [2.45, 2.75) is 51.6 Å². The van der Waals surface area contributed by atoms with Crippen LogP contribution in [0.4, 0.5) is 5.69 Å². The molecule has 0 bridgehead atoms. The number of amides is 2. The van der Waals surface area contributed by atoms with Crippen LogP contribution in [0.15, 0.2) is 72.8 Å². The number of fused-ring (bicyclic) bond motifs is 1. The molecule has 5 rings (SSSR count). The number of nitrogens with one attached hydrogen (secondary N) is 4. The van der Waals surface area contributed by atoms with Crippen molar-refractivity contribution >= 4 is 40.3 Å². The molecule has 0 spiro atoms. The van der Waals surface area contributed by atoms with Gasteiger partial charge in [-0.05, 0) is 80.3 Å². The van der Waals surface area contributed by atoms with E-state index < -0.39 is 5.54 Å². The predicted octanol–water partition coefficient (Wildman–Crippen LogP) is 4.71. The minimum Gasteiger partial charge on any atom is -0.465 e. The fraction of sp³-hybridized carbons (Fsp3) is 0.361. The Hall–Kier alpha value is -5.03. The molecule has 1 aliphatic heterocycles. The zero-order valence-corrected chi connectivity index (χ0v) is 27.3. The van der Waals surface area contributed by atoms with Crippen molar-refractivity contribution in [1.29, 1.82) is 5.41 Å². The van der Waals surface area contributed by atoms with Crippen LogP contribution in [0.2, 0.25) is 0 Å². The van der Waals surface area contributed by atoms with Gasteiger partial charge in [-0.15, -0.1) is 0 Å². The summed E-state index contributed by atoms with van der Waals surface area (Å²) in [6.07, 6.45) is 3.66. The molecule has 246 valence electrons. The first-order valence-corrected chi connectivity index (χ1v) is 16.1. The van der Waals surface area contributed by atoms with Gasteiger partial charge in [-0.2, -0.15) is 0 Å². The number of aryl methyl sites for hydroxylation is 1. The van der Waals surface area contributed by atoms with E-state index in [-0.39, 0.29) is 30.2 Å². The molecule has 3 aromatic carbocycles. The van der Waals surface area contributed by atoms with Crippen LogP contribution in [0, 0.1) is 5.41 Å². The monoisotopic (exact) mass is 637 g/mol. The lowest BCUT2D eigenvalue weighted by molar-refractivity contribution is -0.144. The fourth-order valence-corrected chi connectivity index (χ4v) is 5.67. The van der Waals surface area contributed by atoms with Crippen LogP contribution < -0.4 is 16.0 Å². The highest BCUT2D eigenvalue weighted by Gasteiger charge is 2.40. The largest absolute Gasteiger partial charge is 0.465 e. The summed E-state index contributed by atoms with van der Waals surface area (Å²) in [6, 6.07) is 21.9. The molecule has 11 nitrogen and oxygen atoms in total. The normalized spacial score (nSPS) is 14.1. The number of imidazole rings is 1. The van der Waals surface area contributed by atoms with E-state index in [9.17, 15) is 14.4 Å². The Morgan fingerprint density at radius 1 is 0.979 bits per heavy atom. The maximum absolute atomic E-state index is 13.8. The molecule has 1 saturated heterocycles. The van der Waals surface area contributed by atoms with E-state index in [4.69, 9.17) is 15.1 Å². The number of carbonyl (C=O) groups excluding carboxylic acids is 3. The lowest BCUT2D eigenvalue weighted by Crippen LogP contribution is -2.54. The van der Waals surface area contributed by atoms with Crippen LogP contribution in [0.3, 0.4) is 0 Å². The van der Waals surface area contributed by atoms with Gasteiger partial charge in [-0.1, -0.05) is 37.6 Å². The van der Waals surface area contributed by atoms with Gasteiger partial charge >= 0.3 is 5.97 Å². The van der Waals surface area contributed by atoms with Gasteiger partial charge in [0.2, 0.25) is 5.91 Å². The topological polar surface area (TPSA) is 141 Å². The Balaban J connectivity index is 1.27. The summed E-state index contributed by atoms with van der Waals surface area (Å²) >= 11 is 0. The number of hydrogen-bond donors (Lipinski definition) is 4. The molecule has 2 heterocycles. The number of carbonyl (C=O) groups is 3. The van der Waals surface area contributed by atoms with Crippen LogP contribution in [-0.4, -0.2) is 64.3 Å². The first kappa shape index (κ1) is 33.3. The molecule has 1 fully saturated rings. The summed E-state index contributed by atoms with van der Waals surface area (Å²) in [5.41, 5.74) is 3.18. The number of ether oxygens (including phenoxy) is 1. The van der Waals surface area contributed by atoms with E-state index >= 15 is 0 Å². The summed E-state index contributed by atoms with van der Waals surface area (Å²) in [6.45, 7) is 5.99. The van der Waals surface area contributed by atoms with Crippen molar-refractivity contribution in [3.8, 4) is 0 Å². The van der Waals surface area contributed by atoms with Gasteiger partial charge in [-0.3, -0.25) is 25.1 Å². The van der Waals surface area contributed by atoms with E-state index in [2.05, 4.69) is 16.0 Å². The number of unbranched alkanes of at least 4 members (excludes halogenated alkanes) is 1. The third-order valence-electron chi connectivity index (χ3n) is 8.62. The molecule has 1 unspecified atom stereocenters. The van der Waals surface area contributed by atoms with Crippen LogP contribution >= 0.6 is 0 Å². The molecule has 1 atom stereocenters. The summed E-state index contributed by atoms with van der Waals surface area (Å²) in [7, 11) is 1.95. The summed E-state index contributed by atoms with van der Waals surface area (Å²) in [5.74, 6) is 0.0423. The average molecular weight is 638 g/mol. The number of hydrogen-bond acceptors (Lipinski definition) is 8. The summed E-state index contributed by atoms with van der Waals surface area (Å²) in [5, 5.41) is 17.6. The number of esters is 1. The lowest BCUT2D eigenvalue weighted by atomic mass is 9.89. The molecule has 11 heteroatoms.